The lowest BCUT2D eigenvalue weighted by molar-refractivity contribution is -0.143. The van der Waals surface area contributed by atoms with E-state index in [2.05, 4.69) is 5.32 Å². The Labute approximate surface area is 165 Å². The van der Waals surface area contributed by atoms with Gasteiger partial charge in [0.25, 0.3) is 11.8 Å². The van der Waals surface area contributed by atoms with Gasteiger partial charge in [0.05, 0.1) is 17.2 Å². The highest BCUT2D eigenvalue weighted by molar-refractivity contribution is 6.42. The molecule has 8 heteroatoms. The Morgan fingerprint density at radius 1 is 1.04 bits per heavy atom. The van der Waals surface area contributed by atoms with Gasteiger partial charge in [-0.2, -0.15) is 0 Å². The van der Waals surface area contributed by atoms with E-state index in [9.17, 15) is 14.4 Å². The van der Waals surface area contributed by atoms with Gasteiger partial charge in [0, 0.05) is 11.6 Å². The largest absolute Gasteiger partial charge is 0.497 e. The van der Waals surface area contributed by atoms with Gasteiger partial charge < -0.3 is 9.47 Å². The van der Waals surface area contributed by atoms with E-state index in [1.807, 2.05) is 0 Å². The number of hydrogen-bond acceptors (Lipinski definition) is 5. The molecule has 0 aliphatic heterocycles. The van der Waals surface area contributed by atoms with Crippen molar-refractivity contribution in [1.82, 2.24) is 5.32 Å². The van der Waals surface area contributed by atoms with Crippen molar-refractivity contribution in [2.24, 2.45) is 0 Å². The number of carbonyl (C=O) groups is 3. The van der Waals surface area contributed by atoms with Gasteiger partial charge in [-0.1, -0.05) is 29.3 Å². The van der Waals surface area contributed by atoms with Gasteiger partial charge in [-0.15, -0.1) is 0 Å². The molecule has 0 saturated heterocycles. The van der Waals surface area contributed by atoms with Crippen molar-refractivity contribution < 1.29 is 23.9 Å². The molecule has 0 aliphatic carbocycles. The normalized spacial score (nSPS) is 10.5. The van der Waals surface area contributed by atoms with E-state index < -0.39 is 24.4 Å². The first-order valence-electron chi connectivity index (χ1n) is 7.67. The van der Waals surface area contributed by atoms with Gasteiger partial charge in [0.2, 0.25) is 0 Å². The second-order valence-corrected chi connectivity index (χ2v) is 6.03. The van der Waals surface area contributed by atoms with E-state index in [-0.39, 0.29) is 5.56 Å². The number of amides is 2. The Morgan fingerprint density at radius 2 is 1.74 bits per heavy atom. The first-order chi connectivity index (χ1) is 12.9. The van der Waals surface area contributed by atoms with Crippen molar-refractivity contribution in [3.8, 4) is 5.75 Å². The third-order valence-corrected chi connectivity index (χ3v) is 4.05. The van der Waals surface area contributed by atoms with E-state index in [1.165, 1.54) is 25.3 Å². The third-order valence-electron chi connectivity index (χ3n) is 3.31. The van der Waals surface area contributed by atoms with E-state index in [0.29, 0.717) is 21.4 Å². The summed E-state index contributed by atoms with van der Waals surface area (Å²) in [6.45, 7) is -0.591. The number of hydrogen-bond donors (Lipinski definition) is 1. The zero-order valence-corrected chi connectivity index (χ0v) is 15.7. The van der Waals surface area contributed by atoms with Crippen LogP contribution < -0.4 is 10.1 Å². The van der Waals surface area contributed by atoms with Crippen LogP contribution in [0.25, 0.3) is 6.08 Å². The first kappa shape index (κ1) is 20.5. The number of benzene rings is 2. The molecule has 0 unspecified atom stereocenters. The number of ether oxygens (including phenoxy) is 2. The third kappa shape index (κ3) is 6.44. The van der Waals surface area contributed by atoms with Crippen LogP contribution >= 0.6 is 23.2 Å². The first-order valence-corrected chi connectivity index (χ1v) is 8.43. The molecule has 1 N–H and O–H groups in total. The molecular weight excluding hydrogens is 393 g/mol. The second-order valence-electron chi connectivity index (χ2n) is 5.22. The van der Waals surface area contributed by atoms with Crippen LogP contribution in [0.4, 0.5) is 0 Å². The van der Waals surface area contributed by atoms with E-state index in [4.69, 9.17) is 32.7 Å². The van der Waals surface area contributed by atoms with Crippen molar-refractivity contribution in [3.05, 3.63) is 69.7 Å². The molecule has 2 rings (SSSR count). The summed E-state index contributed by atoms with van der Waals surface area (Å²) in [6, 6.07) is 11.0. The molecule has 0 heterocycles. The van der Waals surface area contributed by atoms with Crippen LogP contribution in [0.2, 0.25) is 10.0 Å². The lowest BCUT2D eigenvalue weighted by Gasteiger charge is -2.05. The topological polar surface area (TPSA) is 81.7 Å². The lowest BCUT2D eigenvalue weighted by atomic mass is 10.2. The summed E-state index contributed by atoms with van der Waals surface area (Å²) in [7, 11) is 1.50. The Morgan fingerprint density at radius 3 is 2.37 bits per heavy atom. The predicted molar refractivity (Wildman–Crippen MR) is 102 cm³/mol. The van der Waals surface area contributed by atoms with E-state index >= 15 is 0 Å². The summed E-state index contributed by atoms with van der Waals surface area (Å²) in [4.78, 5) is 35.3. The van der Waals surface area contributed by atoms with Gasteiger partial charge in [0.1, 0.15) is 5.75 Å². The summed E-state index contributed by atoms with van der Waals surface area (Å²) < 4.78 is 9.77. The van der Waals surface area contributed by atoms with Crippen molar-refractivity contribution in [2.75, 3.05) is 13.7 Å². The van der Waals surface area contributed by atoms with Gasteiger partial charge in [0.15, 0.2) is 6.61 Å². The molecule has 0 bridgehead atoms. The molecule has 2 aromatic carbocycles. The minimum atomic E-state index is -0.743. The Balaban J connectivity index is 1.81. The molecule has 0 aliphatic rings. The van der Waals surface area contributed by atoms with Crippen LogP contribution in [-0.4, -0.2) is 31.5 Å². The molecule has 0 radical (unpaired) electrons. The molecule has 2 amide bonds. The lowest BCUT2D eigenvalue weighted by Crippen LogP contribution is -2.34. The summed E-state index contributed by atoms with van der Waals surface area (Å²) in [5, 5.41) is 2.87. The number of rotatable bonds is 6. The highest BCUT2D eigenvalue weighted by Crippen LogP contribution is 2.23. The molecule has 0 fully saturated rings. The molecule has 0 atom stereocenters. The van der Waals surface area contributed by atoms with E-state index in [1.54, 1.807) is 30.3 Å². The zero-order valence-electron chi connectivity index (χ0n) is 14.2. The van der Waals surface area contributed by atoms with Crippen molar-refractivity contribution in [3.63, 3.8) is 0 Å². The summed E-state index contributed by atoms with van der Waals surface area (Å²) in [5.41, 5.74) is 0.912. The quantitative estimate of drug-likeness (QED) is 0.585. The highest BCUT2D eigenvalue weighted by atomic mass is 35.5. The molecule has 6 nitrogen and oxygen atoms in total. The number of imide groups is 1. The maximum absolute atomic E-state index is 11.9. The van der Waals surface area contributed by atoms with Crippen LogP contribution in [0, 0.1) is 0 Å². The number of halogens is 2. The SMILES string of the molecule is COc1ccc(C(=O)NC(=O)COC(=O)/C=C/c2ccc(Cl)c(Cl)c2)cc1. The van der Waals surface area contributed by atoms with Crippen molar-refractivity contribution >= 4 is 47.1 Å². The molecule has 2 aromatic rings. The number of carbonyl (C=O) groups excluding carboxylic acids is 3. The Bertz CT molecular complexity index is 878. The Hall–Kier alpha value is -2.83. The predicted octanol–water partition coefficient (Wildman–Crippen LogP) is 3.52. The molecule has 0 saturated carbocycles. The van der Waals surface area contributed by atoms with Gasteiger partial charge in [-0.05, 0) is 48.0 Å². The van der Waals surface area contributed by atoms with E-state index in [0.717, 1.165) is 6.08 Å². The number of esters is 1. The van der Waals surface area contributed by atoms with Crippen LogP contribution in [0.3, 0.4) is 0 Å². The molecule has 0 aromatic heterocycles. The molecular formula is C19H15Cl2NO5. The van der Waals surface area contributed by atoms with Crippen LogP contribution in [0.15, 0.2) is 48.5 Å². The van der Waals surface area contributed by atoms with Crippen molar-refractivity contribution in [1.29, 1.82) is 0 Å². The maximum atomic E-state index is 11.9. The minimum absolute atomic E-state index is 0.273. The molecule has 140 valence electrons. The fraction of sp³-hybridized carbons (Fsp3) is 0.105. The van der Waals surface area contributed by atoms with Crippen LogP contribution in [0.5, 0.6) is 5.75 Å². The second kappa shape index (κ2) is 9.75. The fourth-order valence-electron chi connectivity index (χ4n) is 1.94. The van der Waals surface area contributed by atoms with Crippen LogP contribution in [-0.2, 0) is 14.3 Å². The monoisotopic (exact) mass is 407 g/mol. The van der Waals surface area contributed by atoms with Gasteiger partial charge in [-0.25, -0.2) is 4.79 Å². The molecule has 27 heavy (non-hydrogen) atoms. The average Bonchev–Trinajstić information content (AvgIpc) is 2.67. The fourth-order valence-corrected chi connectivity index (χ4v) is 2.25. The number of nitrogens with one attached hydrogen (secondary N) is 1. The average molecular weight is 408 g/mol. The number of methoxy groups -OCH3 is 1. The minimum Gasteiger partial charge on any atom is -0.497 e. The molecule has 0 spiro atoms. The smallest absolute Gasteiger partial charge is 0.331 e. The highest BCUT2D eigenvalue weighted by Gasteiger charge is 2.12. The maximum Gasteiger partial charge on any atom is 0.331 e. The zero-order chi connectivity index (χ0) is 19.8. The Kier molecular flexibility index (Phi) is 7.40. The van der Waals surface area contributed by atoms with Gasteiger partial charge >= 0.3 is 5.97 Å². The summed E-state index contributed by atoms with van der Waals surface area (Å²) in [5.74, 6) is -1.51. The van der Waals surface area contributed by atoms with Gasteiger partial charge in [-0.3, -0.25) is 14.9 Å². The standard InChI is InChI=1S/C19H15Cl2NO5/c1-26-14-6-4-13(5-7-14)19(25)22-17(23)11-27-18(24)9-3-12-2-8-15(20)16(21)10-12/h2-10H,11H2,1H3,(H,22,23,25)/b9-3+. The summed E-state index contributed by atoms with van der Waals surface area (Å²) in [6.07, 6.45) is 2.60. The van der Waals surface area contributed by atoms with Crippen LogP contribution in [0.1, 0.15) is 15.9 Å². The van der Waals surface area contributed by atoms with Crippen molar-refractivity contribution in [2.45, 2.75) is 0 Å². The summed E-state index contributed by atoms with van der Waals surface area (Å²) >= 11 is 11.7.